The van der Waals surface area contributed by atoms with Crippen molar-refractivity contribution < 1.29 is 14.3 Å². The van der Waals surface area contributed by atoms with E-state index < -0.39 is 6.10 Å². The zero-order valence-electron chi connectivity index (χ0n) is 14.0. The molecule has 0 spiro atoms. The van der Waals surface area contributed by atoms with Gasteiger partial charge in [-0.3, -0.25) is 9.59 Å². The van der Waals surface area contributed by atoms with Crippen molar-refractivity contribution in [3.05, 3.63) is 52.5 Å². The highest BCUT2D eigenvalue weighted by Gasteiger charge is 2.31. The molecule has 0 fully saturated rings. The average molecular weight is 394 g/mol. The maximum atomic E-state index is 12.5. The lowest BCUT2D eigenvalue weighted by molar-refractivity contribution is -0.127. The van der Waals surface area contributed by atoms with Gasteiger partial charge in [-0.2, -0.15) is 0 Å². The summed E-state index contributed by atoms with van der Waals surface area (Å²) in [5.74, 6) is 0.0326. The fourth-order valence-electron chi connectivity index (χ4n) is 2.72. The lowest BCUT2D eigenvalue weighted by Gasteiger charge is -2.35. The van der Waals surface area contributed by atoms with Crippen LogP contribution in [0.3, 0.4) is 0 Å². The van der Waals surface area contributed by atoms with Crippen LogP contribution >= 0.6 is 23.2 Å². The Morgan fingerprint density at radius 2 is 1.96 bits per heavy atom. The number of carbonyl (C=O) groups excluding carboxylic acids is 2. The van der Waals surface area contributed by atoms with Gasteiger partial charge < -0.3 is 20.3 Å². The van der Waals surface area contributed by atoms with Crippen LogP contribution in [0.25, 0.3) is 0 Å². The predicted molar refractivity (Wildman–Crippen MR) is 102 cm³/mol. The first-order chi connectivity index (χ1) is 12.5. The molecular weight excluding hydrogens is 377 g/mol. The van der Waals surface area contributed by atoms with Crippen LogP contribution in [0.4, 0.5) is 11.4 Å². The Hall–Kier alpha value is -2.44. The second-order valence-electron chi connectivity index (χ2n) is 5.72. The SMILES string of the molecule is CNC(=O)[C@@H]1CN(CC(=O)Nc2cccc(Cl)c2Cl)c2ccccc2O1. The summed E-state index contributed by atoms with van der Waals surface area (Å²) in [6.45, 7) is 0.296. The van der Waals surface area contributed by atoms with E-state index >= 15 is 0 Å². The summed E-state index contributed by atoms with van der Waals surface area (Å²) in [5, 5.41) is 5.97. The highest BCUT2D eigenvalue weighted by molar-refractivity contribution is 6.44. The van der Waals surface area contributed by atoms with Crippen LogP contribution < -0.4 is 20.3 Å². The molecule has 2 amide bonds. The maximum Gasteiger partial charge on any atom is 0.262 e. The molecule has 136 valence electrons. The molecule has 26 heavy (non-hydrogen) atoms. The minimum Gasteiger partial charge on any atom is -0.477 e. The van der Waals surface area contributed by atoms with Crippen LogP contribution in [0.5, 0.6) is 5.75 Å². The number of anilines is 2. The molecule has 1 atom stereocenters. The maximum absolute atomic E-state index is 12.5. The van der Waals surface area contributed by atoms with E-state index in [0.717, 1.165) is 5.69 Å². The van der Waals surface area contributed by atoms with Gasteiger partial charge in [0.25, 0.3) is 5.91 Å². The Kier molecular flexibility index (Phi) is 5.54. The number of hydrogen-bond acceptors (Lipinski definition) is 4. The molecule has 1 heterocycles. The number of para-hydroxylation sites is 2. The lowest BCUT2D eigenvalue weighted by Crippen LogP contribution is -2.50. The van der Waals surface area contributed by atoms with Gasteiger partial charge in [-0.1, -0.05) is 41.4 Å². The first-order valence-corrected chi connectivity index (χ1v) is 8.71. The molecule has 1 aliphatic rings. The van der Waals surface area contributed by atoms with Gasteiger partial charge in [0.2, 0.25) is 5.91 Å². The third kappa shape index (κ3) is 3.86. The van der Waals surface area contributed by atoms with Gasteiger partial charge in [0.05, 0.1) is 34.5 Å². The van der Waals surface area contributed by atoms with Crippen molar-refractivity contribution in [2.24, 2.45) is 0 Å². The van der Waals surface area contributed by atoms with Crippen LogP contribution in [-0.4, -0.2) is 38.1 Å². The Bertz CT molecular complexity index is 844. The van der Waals surface area contributed by atoms with Crippen molar-refractivity contribution in [3.8, 4) is 5.75 Å². The molecule has 3 rings (SSSR count). The summed E-state index contributed by atoms with van der Waals surface area (Å²) in [7, 11) is 1.55. The molecule has 0 radical (unpaired) electrons. The van der Waals surface area contributed by atoms with Crippen LogP contribution in [-0.2, 0) is 9.59 Å². The highest BCUT2D eigenvalue weighted by atomic mass is 35.5. The minimum absolute atomic E-state index is 0.0384. The van der Waals surface area contributed by atoms with Gasteiger partial charge in [-0.25, -0.2) is 0 Å². The Labute approximate surface area is 161 Å². The van der Waals surface area contributed by atoms with E-state index in [1.807, 2.05) is 18.2 Å². The lowest BCUT2D eigenvalue weighted by atomic mass is 10.1. The number of hydrogen-bond donors (Lipinski definition) is 2. The van der Waals surface area contributed by atoms with Crippen molar-refractivity contribution in [3.63, 3.8) is 0 Å². The topological polar surface area (TPSA) is 70.7 Å². The normalized spacial score (nSPS) is 15.7. The molecule has 6 nitrogen and oxygen atoms in total. The number of nitrogens with one attached hydrogen (secondary N) is 2. The number of benzene rings is 2. The number of nitrogens with zero attached hydrogens (tertiary/aromatic N) is 1. The van der Waals surface area contributed by atoms with Crippen molar-refractivity contribution >= 4 is 46.4 Å². The summed E-state index contributed by atoms with van der Waals surface area (Å²) in [6, 6.07) is 12.3. The first kappa shape index (κ1) is 18.4. The van der Waals surface area contributed by atoms with Crippen LogP contribution in [0.2, 0.25) is 10.0 Å². The number of likely N-dealkylation sites (N-methyl/N-ethyl adjacent to an activating group) is 1. The second-order valence-corrected chi connectivity index (χ2v) is 6.50. The largest absolute Gasteiger partial charge is 0.477 e. The van der Waals surface area contributed by atoms with Gasteiger partial charge in [0.1, 0.15) is 5.75 Å². The van der Waals surface area contributed by atoms with Crippen LogP contribution in [0, 0.1) is 0 Å². The minimum atomic E-state index is -0.697. The summed E-state index contributed by atoms with van der Waals surface area (Å²) in [5.41, 5.74) is 1.19. The van der Waals surface area contributed by atoms with Gasteiger partial charge in [-0.15, -0.1) is 0 Å². The fourth-order valence-corrected chi connectivity index (χ4v) is 3.07. The molecule has 0 saturated heterocycles. The molecule has 0 unspecified atom stereocenters. The predicted octanol–water partition coefficient (Wildman–Crippen LogP) is 2.95. The second kappa shape index (κ2) is 7.85. The molecular formula is C18H17Cl2N3O3. The molecule has 0 saturated carbocycles. The van der Waals surface area contributed by atoms with Gasteiger partial charge >= 0.3 is 0 Å². The zero-order valence-corrected chi connectivity index (χ0v) is 15.5. The van der Waals surface area contributed by atoms with E-state index in [-0.39, 0.29) is 29.9 Å². The molecule has 1 aliphatic heterocycles. The van der Waals surface area contributed by atoms with Crippen LogP contribution in [0.15, 0.2) is 42.5 Å². The summed E-state index contributed by atoms with van der Waals surface area (Å²) < 4.78 is 5.73. The van der Waals surface area contributed by atoms with Gasteiger partial charge in [0, 0.05) is 7.05 Å². The summed E-state index contributed by atoms with van der Waals surface area (Å²) >= 11 is 12.1. The fraction of sp³-hybridized carbons (Fsp3) is 0.222. The standard InChI is InChI=1S/C18H17Cl2N3O3/c1-21-18(25)15-9-23(13-7-2-3-8-14(13)26-15)10-16(24)22-12-6-4-5-11(19)17(12)20/h2-8,15H,9-10H2,1H3,(H,21,25)(H,22,24)/t15-/m0/s1. The quantitative estimate of drug-likeness (QED) is 0.837. The number of halogens is 2. The highest BCUT2D eigenvalue weighted by Crippen LogP contribution is 2.33. The van der Waals surface area contributed by atoms with Crippen molar-refractivity contribution in [2.45, 2.75) is 6.10 Å². The number of fused-ring (bicyclic) bond motifs is 1. The summed E-state index contributed by atoms with van der Waals surface area (Å²) in [6.07, 6.45) is -0.697. The molecule has 2 aromatic carbocycles. The van der Waals surface area contributed by atoms with E-state index in [2.05, 4.69) is 10.6 Å². The van der Waals surface area contributed by atoms with Crippen molar-refractivity contribution in [1.82, 2.24) is 5.32 Å². The molecule has 2 aromatic rings. The van der Waals surface area contributed by atoms with Crippen molar-refractivity contribution in [2.75, 3.05) is 30.4 Å². The molecule has 0 aromatic heterocycles. The Morgan fingerprint density at radius 3 is 2.73 bits per heavy atom. The monoisotopic (exact) mass is 393 g/mol. The van der Waals surface area contributed by atoms with E-state index in [0.29, 0.717) is 16.5 Å². The number of carbonyl (C=O) groups is 2. The summed E-state index contributed by atoms with van der Waals surface area (Å²) in [4.78, 5) is 26.3. The van der Waals surface area contributed by atoms with E-state index in [9.17, 15) is 9.59 Å². The van der Waals surface area contributed by atoms with E-state index in [1.54, 1.807) is 36.2 Å². The smallest absolute Gasteiger partial charge is 0.262 e. The number of ether oxygens (including phenoxy) is 1. The number of rotatable bonds is 4. The third-order valence-electron chi connectivity index (χ3n) is 3.96. The molecule has 8 heteroatoms. The molecule has 0 aliphatic carbocycles. The van der Waals surface area contributed by atoms with Crippen LogP contribution in [0.1, 0.15) is 0 Å². The van der Waals surface area contributed by atoms with Crippen molar-refractivity contribution in [1.29, 1.82) is 0 Å². The molecule has 2 N–H and O–H groups in total. The Morgan fingerprint density at radius 1 is 1.19 bits per heavy atom. The average Bonchev–Trinajstić information content (AvgIpc) is 2.64. The Balaban J connectivity index is 1.78. The zero-order chi connectivity index (χ0) is 18.7. The van der Waals surface area contributed by atoms with E-state index in [4.69, 9.17) is 27.9 Å². The third-order valence-corrected chi connectivity index (χ3v) is 4.78. The number of amides is 2. The first-order valence-electron chi connectivity index (χ1n) is 7.95. The van der Waals surface area contributed by atoms with Gasteiger partial charge in [-0.05, 0) is 24.3 Å². The van der Waals surface area contributed by atoms with E-state index in [1.165, 1.54) is 0 Å². The molecule has 0 bridgehead atoms. The van der Waals surface area contributed by atoms with Gasteiger partial charge in [0.15, 0.2) is 6.10 Å².